The Kier molecular flexibility index (Phi) is 6.89. The van der Waals surface area contributed by atoms with Crippen molar-refractivity contribution in [1.82, 2.24) is 10.2 Å². The van der Waals surface area contributed by atoms with Gasteiger partial charge in [0, 0.05) is 10.3 Å². The maximum absolute atomic E-state index is 12.3. The lowest BCUT2D eigenvalue weighted by atomic mass is 10.2. The number of thioether (sulfide) groups is 1. The van der Waals surface area contributed by atoms with E-state index in [4.69, 9.17) is 11.6 Å². The number of hydrogen-bond acceptors (Lipinski definition) is 7. The first-order valence-corrected chi connectivity index (χ1v) is 11.5. The van der Waals surface area contributed by atoms with Crippen LogP contribution in [0, 0.1) is 6.92 Å². The summed E-state index contributed by atoms with van der Waals surface area (Å²) < 4.78 is 26.0. The van der Waals surface area contributed by atoms with Crippen LogP contribution in [0.2, 0.25) is 5.02 Å². The van der Waals surface area contributed by atoms with Crippen molar-refractivity contribution < 1.29 is 13.2 Å². The molecule has 0 aliphatic rings. The lowest BCUT2D eigenvalue weighted by molar-refractivity contribution is -0.114. The second kappa shape index (κ2) is 8.55. The van der Waals surface area contributed by atoms with Crippen LogP contribution >= 0.6 is 34.7 Å². The normalized spacial score (nSPS) is 11.6. The highest BCUT2D eigenvalue weighted by atomic mass is 35.5. The number of anilines is 2. The van der Waals surface area contributed by atoms with Gasteiger partial charge < -0.3 is 0 Å². The van der Waals surface area contributed by atoms with Crippen LogP contribution < -0.4 is 9.62 Å². The largest absolute Gasteiger partial charge is 0.299 e. The average molecular weight is 435 g/mol. The van der Waals surface area contributed by atoms with Crippen LogP contribution in [0.5, 0.6) is 0 Å². The number of nitrogens with zero attached hydrogens (tertiary/aromatic N) is 3. The van der Waals surface area contributed by atoms with Gasteiger partial charge in [-0.15, -0.1) is 10.2 Å². The number of nitrogens with one attached hydrogen (secondary N) is 1. The number of amides is 1. The predicted octanol–water partition coefficient (Wildman–Crippen LogP) is 3.41. The molecule has 1 aromatic heterocycles. The van der Waals surface area contributed by atoms with Gasteiger partial charge >= 0.3 is 0 Å². The van der Waals surface area contributed by atoms with Crippen molar-refractivity contribution in [2.45, 2.75) is 30.4 Å². The summed E-state index contributed by atoms with van der Waals surface area (Å²) in [6, 6.07) is 4.83. The summed E-state index contributed by atoms with van der Waals surface area (Å²) in [5, 5.41) is 11.6. The maximum atomic E-state index is 12.3. The molecule has 0 atom stereocenters. The van der Waals surface area contributed by atoms with Gasteiger partial charge in [0.1, 0.15) is 6.54 Å². The minimum absolute atomic E-state index is 0.326. The topological polar surface area (TPSA) is 92.3 Å². The van der Waals surface area contributed by atoms with Gasteiger partial charge in [-0.05, 0) is 24.6 Å². The molecule has 26 heavy (non-hydrogen) atoms. The molecule has 0 spiro atoms. The van der Waals surface area contributed by atoms with Crippen LogP contribution in [0.3, 0.4) is 0 Å². The second-order valence-electron chi connectivity index (χ2n) is 5.79. The highest BCUT2D eigenvalue weighted by Gasteiger charge is 2.22. The molecule has 142 valence electrons. The Morgan fingerprint density at radius 2 is 2.08 bits per heavy atom. The van der Waals surface area contributed by atoms with Crippen LogP contribution in [0.4, 0.5) is 10.8 Å². The van der Waals surface area contributed by atoms with Crippen molar-refractivity contribution in [2.75, 3.05) is 22.4 Å². The van der Waals surface area contributed by atoms with E-state index in [2.05, 4.69) is 15.5 Å². The average Bonchev–Trinajstić information content (AvgIpc) is 2.93. The third kappa shape index (κ3) is 5.83. The number of carbonyl (C=O) groups excluding carboxylic acids is 1. The Morgan fingerprint density at radius 1 is 1.38 bits per heavy atom. The molecule has 0 aliphatic heterocycles. The van der Waals surface area contributed by atoms with E-state index in [-0.39, 0.29) is 6.54 Å². The van der Waals surface area contributed by atoms with Gasteiger partial charge in [0.05, 0.1) is 11.9 Å². The number of halogens is 1. The van der Waals surface area contributed by atoms with Crippen LogP contribution in [-0.2, 0) is 14.8 Å². The van der Waals surface area contributed by atoms with E-state index in [1.165, 1.54) is 29.2 Å². The Labute approximate surface area is 166 Å². The van der Waals surface area contributed by atoms with Gasteiger partial charge in [0.25, 0.3) is 0 Å². The molecule has 0 saturated carbocycles. The Balaban J connectivity index is 2.14. The summed E-state index contributed by atoms with van der Waals surface area (Å²) in [4.78, 5) is 12.3. The third-order valence-corrected chi connectivity index (χ3v) is 6.59. The fourth-order valence-corrected chi connectivity index (χ4v) is 4.95. The molecule has 0 aliphatic carbocycles. The lowest BCUT2D eigenvalue weighted by Crippen LogP contribution is -2.37. The van der Waals surface area contributed by atoms with Crippen molar-refractivity contribution in [3.05, 3.63) is 28.8 Å². The first kappa shape index (κ1) is 20.9. The van der Waals surface area contributed by atoms with Gasteiger partial charge in [0.2, 0.25) is 21.1 Å². The monoisotopic (exact) mass is 434 g/mol. The van der Waals surface area contributed by atoms with Gasteiger partial charge in [0.15, 0.2) is 4.34 Å². The number of aromatic nitrogens is 2. The molecule has 1 aromatic carbocycles. The SMILES string of the molecule is Cc1ccc(N(CC(=O)Nc2nnc(SC(C)C)s2)S(C)(=O)=O)cc1Cl. The molecule has 1 N–H and O–H groups in total. The first-order valence-electron chi connectivity index (χ1n) is 7.60. The molecule has 7 nitrogen and oxygen atoms in total. The summed E-state index contributed by atoms with van der Waals surface area (Å²) in [5.41, 5.74) is 1.14. The van der Waals surface area contributed by atoms with E-state index in [0.29, 0.717) is 21.1 Å². The van der Waals surface area contributed by atoms with Crippen LogP contribution in [0.1, 0.15) is 19.4 Å². The molecule has 0 fully saturated rings. The Hall–Kier alpha value is -1.36. The van der Waals surface area contributed by atoms with E-state index < -0.39 is 15.9 Å². The van der Waals surface area contributed by atoms with Crippen molar-refractivity contribution in [1.29, 1.82) is 0 Å². The summed E-state index contributed by atoms with van der Waals surface area (Å²) in [7, 11) is -3.67. The number of carbonyl (C=O) groups is 1. The summed E-state index contributed by atoms with van der Waals surface area (Å²) in [5.74, 6) is -0.510. The van der Waals surface area contributed by atoms with E-state index in [1.807, 2.05) is 20.8 Å². The maximum Gasteiger partial charge on any atom is 0.246 e. The summed E-state index contributed by atoms with van der Waals surface area (Å²) >= 11 is 8.86. The number of aryl methyl sites for hydroxylation is 1. The smallest absolute Gasteiger partial charge is 0.246 e. The van der Waals surface area contributed by atoms with Gasteiger partial charge in [-0.3, -0.25) is 14.4 Å². The summed E-state index contributed by atoms with van der Waals surface area (Å²) in [6.45, 7) is 5.48. The van der Waals surface area contributed by atoms with Crippen LogP contribution in [0.25, 0.3) is 0 Å². The van der Waals surface area contributed by atoms with Crippen molar-refractivity contribution in [3.63, 3.8) is 0 Å². The third-order valence-electron chi connectivity index (χ3n) is 3.12. The Bertz CT molecular complexity index is 899. The van der Waals surface area contributed by atoms with Crippen LogP contribution in [-0.4, -0.2) is 42.6 Å². The minimum atomic E-state index is -3.67. The standard InChI is InChI=1S/C15H19ClN4O3S3/c1-9(2)24-15-19-18-14(25-15)17-13(21)8-20(26(4,22)23)11-6-5-10(3)12(16)7-11/h5-7,9H,8H2,1-4H3,(H,17,18,21). The van der Waals surface area contributed by atoms with Gasteiger partial charge in [-0.2, -0.15) is 0 Å². The molecule has 1 amide bonds. The molecule has 1 heterocycles. The van der Waals surface area contributed by atoms with Crippen molar-refractivity contribution in [2.24, 2.45) is 0 Å². The van der Waals surface area contributed by atoms with Crippen molar-refractivity contribution in [3.8, 4) is 0 Å². The fraction of sp³-hybridized carbons (Fsp3) is 0.400. The van der Waals surface area contributed by atoms with Gasteiger partial charge in [-0.1, -0.05) is 54.6 Å². The molecule has 0 saturated heterocycles. The first-order chi connectivity index (χ1) is 12.1. The quantitative estimate of drug-likeness (QED) is 0.530. The van der Waals surface area contributed by atoms with Crippen molar-refractivity contribution >= 4 is 61.4 Å². The number of rotatable bonds is 7. The second-order valence-corrected chi connectivity index (χ2v) is 10.9. The van der Waals surface area contributed by atoms with E-state index >= 15 is 0 Å². The molecular weight excluding hydrogens is 416 g/mol. The minimum Gasteiger partial charge on any atom is -0.299 e. The molecule has 2 rings (SSSR count). The lowest BCUT2D eigenvalue weighted by Gasteiger charge is -2.22. The Morgan fingerprint density at radius 3 is 2.65 bits per heavy atom. The highest BCUT2D eigenvalue weighted by molar-refractivity contribution is 8.01. The van der Waals surface area contributed by atoms with E-state index in [0.717, 1.165) is 20.5 Å². The van der Waals surface area contributed by atoms with Crippen LogP contribution in [0.15, 0.2) is 22.5 Å². The number of benzene rings is 1. The molecule has 2 aromatic rings. The number of sulfonamides is 1. The molecule has 0 radical (unpaired) electrons. The zero-order chi connectivity index (χ0) is 19.5. The molecule has 11 heteroatoms. The number of hydrogen-bond donors (Lipinski definition) is 1. The van der Waals surface area contributed by atoms with Gasteiger partial charge in [-0.25, -0.2) is 8.42 Å². The van der Waals surface area contributed by atoms with E-state index in [9.17, 15) is 13.2 Å². The predicted molar refractivity (Wildman–Crippen MR) is 108 cm³/mol. The molecular formula is C15H19ClN4O3S3. The van der Waals surface area contributed by atoms with E-state index in [1.54, 1.807) is 12.1 Å². The fourth-order valence-electron chi connectivity index (χ4n) is 1.94. The highest BCUT2D eigenvalue weighted by Crippen LogP contribution is 2.29. The zero-order valence-electron chi connectivity index (χ0n) is 14.7. The summed E-state index contributed by atoms with van der Waals surface area (Å²) in [6.07, 6.45) is 1.04. The molecule has 0 bridgehead atoms. The molecule has 0 unspecified atom stereocenters. The zero-order valence-corrected chi connectivity index (χ0v) is 17.9.